The first-order chi connectivity index (χ1) is 12.0. The Morgan fingerprint density at radius 3 is 2.84 bits per heavy atom. The van der Waals surface area contributed by atoms with Gasteiger partial charge in [-0.3, -0.25) is 0 Å². The molecule has 0 aliphatic heterocycles. The second kappa shape index (κ2) is 8.30. The number of aliphatic hydroxyl groups excluding tert-OH is 1. The van der Waals surface area contributed by atoms with Gasteiger partial charge in [-0.05, 0) is 43.0 Å². The average molecular weight is 345 g/mol. The molecular weight excluding hydrogens is 314 g/mol. The molecule has 1 saturated carbocycles. The third kappa shape index (κ3) is 4.60. The van der Waals surface area contributed by atoms with Gasteiger partial charge < -0.3 is 20.5 Å². The molecule has 0 heterocycles. The van der Waals surface area contributed by atoms with Gasteiger partial charge in [-0.2, -0.15) is 0 Å². The molecule has 1 fully saturated rings. The maximum atomic E-state index is 9.90. The van der Waals surface area contributed by atoms with E-state index in [4.69, 9.17) is 15.5 Å². The maximum Gasteiger partial charge on any atom is 0.101 e. The number of fused-ring (bicyclic) bond motifs is 1. The van der Waals surface area contributed by atoms with Crippen molar-refractivity contribution in [1.29, 1.82) is 0 Å². The zero-order valence-corrected chi connectivity index (χ0v) is 15.4. The number of rotatable bonds is 5. The molecule has 25 heavy (non-hydrogen) atoms. The predicted octanol–water partition coefficient (Wildman–Crippen LogP) is 2.93. The molecule has 5 heteroatoms. The van der Waals surface area contributed by atoms with Crippen LogP contribution in [-0.4, -0.2) is 48.2 Å². The highest BCUT2D eigenvalue weighted by Crippen LogP contribution is 2.32. The monoisotopic (exact) mass is 345 g/mol. The van der Waals surface area contributed by atoms with Crippen LogP contribution in [0.25, 0.3) is 0 Å². The Labute approximate surface area is 150 Å². The zero-order chi connectivity index (χ0) is 17.8. The summed E-state index contributed by atoms with van der Waals surface area (Å²) in [6.45, 7) is 3.60. The van der Waals surface area contributed by atoms with E-state index in [1.54, 1.807) is 0 Å². The van der Waals surface area contributed by atoms with Crippen LogP contribution in [0.2, 0.25) is 0 Å². The zero-order valence-electron chi connectivity index (χ0n) is 15.4. The van der Waals surface area contributed by atoms with Crippen molar-refractivity contribution in [2.24, 2.45) is 10.7 Å². The molecule has 3 rings (SSSR count). The topological polar surface area (TPSA) is 71.1 Å². The minimum Gasteiger partial charge on any atom is -0.391 e. The van der Waals surface area contributed by atoms with Crippen LogP contribution >= 0.6 is 0 Å². The third-order valence-electron chi connectivity index (χ3n) is 5.51. The number of benzene rings is 1. The number of aliphatic hydroxyl groups is 1. The summed E-state index contributed by atoms with van der Waals surface area (Å²) in [5.74, 6) is 0.958. The molecule has 2 atom stereocenters. The van der Waals surface area contributed by atoms with Gasteiger partial charge >= 0.3 is 0 Å². The molecule has 5 nitrogen and oxygen atoms in total. The quantitative estimate of drug-likeness (QED) is 0.636. The van der Waals surface area contributed by atoms with Gasteiger partial charge in [0.15, 0.2) is 0 Å². The molecule has 0 aromatic heterocycles. The van der Waals surface area contributed by atoms with E-state index in [-0.39, 0.29) is 6.04 Å². The van der Waals surface area contributed by atoms with Crippen LogP contribution in [0.15, 0.2) is 23.2 Å². The lowest BCUT2D eigenvalue weighted by molar-refractivity contribution is 0.0245. The average Bonchev–Trinajstić information content (AvgIpc) is 2.90. The first-order valence-electron chi connectivity index (χ1n) is 9.49. The second-order valence-electron chi connectivity index (χ2n) is 7.39. The summed E-state index contributed by atoms with van der Waals surface area (Å²) in [6, 6.07) is 5.74. The first-order valence-corrected chi connectivity index (χ1v) is 9.49. The molecule has 1 aromatic rings. The van der Waals surface area contributed by atoms with Crippen molar-refractivity contribution in [2.45, 2.75) is 63.7 Å². The number of ether oxygens (including phenoxy) is 1. The number of hydrogen-bond acceptors (Lipinski definition) is 4. The molecule has 138 valence electrons. The fourth-order valence-corrected chi connectivity index (χ4v) is 3.73. The minimum absolute atomic E-state index is 0.299. The lowest BCUT2D eigenvalue weighted by atomic mass is 9.98. The summed E-state index contributed by atoms with van der Waals surface area (Å²) in [6.07, 6.45) is 6.98. The van der Waals surface area contributed by atoms with E-state index in [1.807, 2.05) is 32.2 Å². The van der Waals surface area contributed by atoms with E-state index in [2.05, 4.69) is 4.90 Å². The predicted molar refractivity (Wildman–Crippen MR) is 101 cm³/mol. The second-order valence-corrected chi connectivity index (χ2v) is 7.39. The number of hydrogen-bond donors (Lipinski definition) is 2. The molecule has 1 aromatic carbocycles. The van der Waals surface area contributed by atoms with Crippen LogP contribution in [0.5, 0.6) is 0 Å². The van der Waals surface area contributed by atoms with E-state index in [1.165, 1.54) is 32.1 Å². The van der Waals surface area contributed by atoms with E-state index in [0.717, 1.165) is 35.8 Å². The fourth-order valence-electron chi connectivity index (χ4n) is 3.73. The standard InChI is InChI=1S/C20H31N3O2/c1-14(23(2)10-11-25-17-6-4-3-5-7-17)22-16-9-8-15-12-19(24)20(21)18(15)13-16/h8-9,13,17,19-20,24H,3-7,10-12,21H2,1-2H3/t19-,20-/m1/s1. The van der Waals surface area contributed by atoms with Gasteiger partial charge in [0.2, 0.25) is 0 Å². The molecule has 2 aliphatic carbocycles. The summed E-state index contributed by atoms with van der Waals surface area (Å²) in [4.78, 5) is 6.84. The van der Waals surface area contributed by atoms with Crippen LogP contribution in [0, 0.1) is 0 Å². The minimum atomic E-state index is -0.477. The Morgan fingerprint density at radius 2 is 2.08 bits per heavy atom. The highest BCUT2D eigenvalue weighted by Gasteiger charge is 2.27. The first kappa shape index (κ1) is 18.4. The normalized spacial score (nSPS) is 24.4. The van der Waals surface area contributed by atoms with E-state index in [9.17, 15) is 5.11 Å². The Morgan fingerprint density at radius 1 is 1.32 bits per heavy atom. The molecule has 2 aliphatic rings. The van der Waals surface area contributed by atoms with Crippen molar-refractivity contribution in [2.75, 3.05) is 20.2 Å². The summed E-state index contributed by atoms with van der Waals surface area (Å²) in [7, 11) is 2.05. The van der Waals surface area contributed by atoms with Crippen molar-refractivity contribution < 1.29 is 9.84 Å². The number of nitrogens with two attached hydrogens (primary N) is 1. The smallest absolute Gasteiger partial charge is 0.101 e. The van der Waals surface area contributed by atoms with E-state index < -0.39 is 6.10 Å². The van der Waals surface area contributed by atoms with Gasteiger partial charge in [-0.1, -0.05) is 25.3 Å². The van der Waals surface area contributed by atoms with Crippen molar-refractivity contribution in [1.82, 2.24) is 4.90 Å². The maximum absolute atomic E-state index is 9.90. The SMILES string of the molecule is CC(=Nc1ccc2c(c1)[C@@H](N)[C@H](O)C2)N(C)CCOC1CCCCC1. The summed E-state index contributed by atoms with van der Waals surface area (Å²) in [5.41, 5.74) is 9.10. The van der Waals surface area contributed by atoms with Crippen LogP contribution in [0.4, 0.5) is 5.69 Å². The number of amidine groups is 1. The van der Waals surface area contributed by atoms with Crippen LogP contribution < -0.4 is 5.73 Å². The van der Waals surface area contributed by atoms with Crippen molar-refractivity contribution in [3.8, 4) is 0 Å². The highest BCUT2D eigenvalue weighted by atomic mass is 16.5. The Balaban J connectivity index is 1.54. The van der Waals surface area contributed by atoms with Crippen LogP contribution in [0.3, 0.4) is 0 Å². The van der Waals surface area contributed by atoms with Crippen molar-refractivity contribution in [3.63, 3.8) is 0 Å². The number of likely N-dealkylation sites (N-methyl/N-ethyl adjacent to an activating group) is 1. The lowest BCUT2D eigenvalue weighted by Crippen LogP contribution is -2.30. The van der Waals surface area contributed by atoms with Gasteiger partial charge in [0.25, 0.3) is 0 Å². The van der Waals surface area contributed by atoms with Gasteiger partial charge in [0.1, 0.15) is 5.84 Å². The number of nitrogens with zero attached hydrogens (tertiary/aromatic N) is 2. The number of aliphatic imine (C=N–C) groups is 1. The molecule has 0 unspecified atom stereocenters. The Kier molecular flexibility index (Phi) is 6.10. The summed E-state index contributed by atoms with van der Waals surface area (Å²) in [5, 5.41) is 9.90. The molecule has 0 bridgehead atoms. The summed E-state index contributed by atoms with van der Waals surface area (Å²) < 4.78 is 6.00. The van der Waals surface area contributed by atoms with Gasteiger partial charge in [0.05, 0.1) is 30.5 Å². The molecular formula is C20H31N3O2. The largest absolute Gasteiger partial charge is 0.391 e. The van der Waals surface area contributed by atoms with Gasteiger partial charge in [-0.15, -0.1) is 0 Å². The summed E-state index contributed by atoms with van der Waals surface area (Å²) >= 11 is 0. The van der Waals surface area contributed by atoms with E-state index >= 15 is 0 Å². The van der Waals surface area contributed by atoms with Crippen LogP contribution in [0.1, 0.15) is 56.2 Å². The van der Waals surface area contributed by atoms with Crippen molar-refractivity contribution in [3.05, 3.63) is 29.3 Å². The highest BCUT2D eigenvalue weighted by molar-refractivity contribution is 5.82. The van der Waals surface area contributed by atoms with E-state index in [0.29, 0.717) is 12.5 Å². The third-order valence-corrected chi connectivity index (χ3v) is 5.51. The molecule has 0 amide bonds. The molecule has 3 N–H and O–H groups in total. The Hall–Kier alpha value is -1.43. The van der Waals surface area contributed by atoms with Crippen molar-refractivity contribution >= 4 is 11.5 Å². The molecule has 0 spiro atoms. The Bertz CT molecular complexity index is 611. The fraction of sp³-hybridized carbons (Fsp3) is 0.650. The molecule has 0 radical (unpaired) electrons. The molecule has 0 saturated heterocycles. The lowest BCUT2D eigenvalue weighted by Gasteiger charge is -2.24. The van der Waals surface area contributed by atoms with Crippen LogP contribution in [-0.2, 0) is 11.2 Å². The van der Waals surface area contributed by atoms with Gasteiger partial charge in [-0.25, -0.2) is 4.99 Å². The van der Waals surface area contributed by atoms with Gasteiger partial charge in [0, 0.05) is 20.0 Å².